The number of aryl methyl sites for hydroxylation is 1. The van der Waals surface area contributed by atoms with E-state index in [1.165, 1.54) is 30.6 Å². The van der Waals surface area contributed by atoms with E-state index in [2.05, 4.69) is 10.3 Å². The number of ether oxygens (including phenoxy) is 2. The van der Waals surface area contributed by atoms with Gasteiger partial charge in [0.15, 0.2) is 10.9 Å². The van der Waals surface area contributed by atoms with Gasteiger partial charge in [-0.25, -0.2) is 9.78 Å². The van der Waals surface area contributed by atoms with Crippen LogP contribution in [0.3, 0.4) is 0 Å². The SMILES string of the molecule is COCCNC(=O)COC(=O)c1ccc(Sc2nc(C)cs2)c([N+](=O)[O-])c1. The van der Waals surface area contributed by atoms with E-state index < -0.39 is 23.4 Å². The third-order valence-corrected chi connectivity index (χ3v) is 5.27. The molecular weight excluding hydrogens is 394 g/mol. The quantitative estimate of drug-likeness (QED) is 0.289. The Morgan fingerprint density at radius 1 is 1.41 bits per heavy atom. The molecule has 1 aromatic carbocycles. The van der Waals surface area contributed by atoms with E-state index in [1.54, 1.807) is 0 Å². The molecule has 0 bridgehead atoms. The predicted molar refractivity (Wildman–Crippen MR) is 99.2 cm³/mol. The van der Waals surface area contributed by atoms with Gasteiger partial charge in [-0.2, -0.15) is 0 Å². The van der Waals surface area contributed by atoms with Gasteiger partial charge in [0.25, 0.3) is 11.6 Å². The second-order valence-electron chi connectivity index (χ2n) is 5.22. The second-order valence-corrected chi connectivity index (χ2v) is 7.36. The lowest BCUT2D eigenvalue weighted by Gasteiger charge is -2.07. The van der Waals surface area contributed by atoms with Crippen molar-refractivity contribution in [1.29, 1.82) is 0 Å². The van der Waals surface area contributed by atoms with Crippen molar-refractivity contribution in [2.45, 2.75) is 16.2 Å². The van der Waals surface area contributed by atoms with Crippen LogP contribution in [0.4, 0.5) is 5.69 Å². The number of nitrogens with zero attached hydrogens (tertiary/aromatic N) is 2. The molecule has 9 nitrogen and oxygen atoms in total. The molecule has 0 spiro atoms. The molecule has 2 aromatic rings. The van der Waals surface area contributed by atoms with Crippen LogP contribution in [0.2, 0.25) is 0 Å². The molecule has 1 heterocycles. The van der Waals surface area contributed by atoms with E-state index in [0.29, 0.717) is 22.4 Å². The highest BCUT2D eigenvalue weighted by Crippen LogP contribution is 2.36. The first-order valence-corrected chi connectivity index (χ1v) is 9.41. The summed E-state index contributed by atoms with van der Waals surface area (Å²) in [4.78, 5) is 39.0. The minimum Gasteiger partial charge on any atom is -0.452 e. The van der Waals surface area contributed by atoms with Gasteiger partial charge in [-0.1, -0.05) is 11.8 Å². The largest absolute Gasteiger partial charge is 0.452 e. The van der Waals surface area contributed by atoms with Crippen molar-refractivity contribution in [3.8, 4) is 0 Å². The molecule has 0 unspecified atom stereocenters. The molecule has 0 aliphatic carbocycles. The van der Waals surface area contributed by atoms with Crippen molar-refractivity contribution in [2.24, 2.45) is 0 Å². The van der Waals surface area contributed by atoms with Gasteiger partial charge in [-0.15, -0.1) is 11.3 Å². The number of carbonyl (C=O) groups excluding carboxylic acids is 2. The number of methoxy groups -OCH3 is 1. The Balaban J connectivity index is 2.04. The molecule has 144 valence electrons. The normalized spacial score (nSPS) is 10.4. The number of amides is 1. The highest BCUT2D eigenvalue weighted by atomic mass is 32.2. The molecule has 1 amide bonds. The van der Waals surface area contributed by atoms with Crippen molar-refractivity contribution >= 4 is 40.7 Å². The Morgan fingerprint density at radius 2 is 2.19 bits per heavy atom. The molecule has 0 saturated heterocycles. The van der Waals surface area contributed by atoms with Crippen molar-refractivity contribution in [3.63, 3.8) is 0 Å². The van der Waals surface area contributed by atoms with E-state index in [9.17, 15) is 19.7 Å². The van der Waals surface area contributed by atoms with Crippen LogP contribution < -0.4 is 5.32 Å². The molecule has 1 aromatic heterocycles. The van der Waals surface area contributed by atoms with Crippen molar-refractivity contribution in [1.82, 2.24) is 10.3 Å². The first kappa shape index (κ1) is 20.8. The van der Waals surface area contributed by atoms with Crippen LogP contribution in [-0.4, -0.2) is 48.7 Å². The number of nitrogens with one attached hydrogen (secondary N) is 1. The molecule has 0 saturated carbocycles. The van der Waals surface area contributed by atoms with Gasteiger partial charge in [0, 0.05) is 30.8 Å². The molecule has 0 atom stereocenters. The average molecular weight is 411 g/mol. The maximum absolute atomic E-state index is 12.1. The number of aromatic nitrogens is 1. The summed E-state index contributed by atoms with van der Waals surface area (Å²) in [6.07, 6.45) is 0. The van der Waals surface area contributed by atoms with Crippen LogP contribution in [0.25, 0.3) is 0 Å². The van der Waals surface area contributed by atoms with Gasteiger partial charge in [0.1, 0.15) is 0 Å². The number of hydrogen-bond donors (Lipinski definition) is 1. The fraction of sp³-hybridized carbons (Fsp3) is 0.312. The Hall–Kier alpha value is -2.50. The maximum Gasteiger partial charge on any atom is 0.338 e. The molecule has 0 aliphatic heterocycles. The van der Waals surface area contributed by atoms with Gasteiger partial charge in [0.05, 0.1) is 22.0 Å². The van der Waals surface area contributed by atoms with Crippen LogP contribution in [0.5, 0.6) is 0 Å². The summed E-state index contributed by atoms with van der Waals surface area (Å²) in [6.45, 7) is 1.98. The lowest BCUT2D eigenvalue weighted by atomic mass is 10.2. The highest BCUT2D eigenvalue weighted by molar-refractivity contribution is 8.01. The zero-order valence-electron chi connectivity index (χ0n) is 14.6. The topological polar surface area (TPSA) is 121 Å². The summed E-state index contributed by atoms with van der Waals surface area (Å²) in [7, 11) is 1.50. The summed E-state index contributed by atoms with van der Waals surface area (Å²) >= 11 is 2.53. The summed E-state index contributed by atoms with van der Waals surface area (Å²) in [5.41, 5.74) is 0.590. The van der Waals surface area contributed by atoms with E-state index in [1.807, 2.05) is 12.3 Å². The third kappa shape index (κ3) is 6.31. The number of carbonyl (C=O) groups is 2. The van der Waals surface area contributed by atoms with Crippen LogP contribution in [0.15, 0.2) is 32.8 Å². The van der Waals surface area contributed by atoms with Crippen LogP contribution in [0, 0.1) is 17.0 Å². The molecular formula is C16H17N3O6S2. The summed E-state index contributed by atoms with van der Waals surface area (Å²) in [5, 5.41) is 15.7. The van der Waals surface area contributed by atoms with Gasteiger partial charge in [-0.05, 0) is 19.1 Å². The average Bonchev–Trinajstić information content (AvgIpc) is 3.04. The van der Waals surface area contributed by atoms with Crippen molar-refractivity contribution in [3.05, 3.63) is 45.0 Å². The predicted octanol–water partition coefficient (Wildman–Crippen LogP) is 2.43. The Labute approximate surface area is 163 Å². The summed E-state index contributed by atoms with van der Waals surface area (Å²) < 4.78 is 10.3. The number of benzene rings is 1. The fourth-order valence-electron chi connectivity index (χ4n) is 1.90. The smallest absolute Gasteiger partial charge is 0.338 e. The number of thiazole rings is 1. The Bertz CT molecular complexity index is 839. The summed E-state index contributed by atoms with van der Waals surface area (Å²) in [6, 6.07) is 4.02. The molecule has 2 rings (SSSR count). The zero-order chi connectivity index (χ0) is 19.8. The first-order chi connectivity index (χ1) is 12.9. The van der Waals surface area contributed by atoms with Gasteiger partial charge >= 0.3 is 5.97 Å². The number of hydrogen-bond acceptors (Lipinski definition) is 9. The van der Waals surface area contributed by atoms with Gasteiger partial charge in [0.2, 0.25) is 0 Å². The maximum atomic E-state index is 12.1. The highest BCUT2D eigenvalue weighted by Gasteiger charge is 2.20. The minimum absolute atomic E-state index is 0.00828. The van der Waals surface area contributed by atoms with Gasteiger partial charge in [-0.3, -0.25) is 14.9 Å². The lowest BCUT2D eigenvalue weighted by Crippen LogP contribution is -2.31. The molecule has 1 N–H and O–H groups in total. The van der Waals surface area contributed by atoms with Crippen LogP contribution in [0.1, 0.15) is 16.1 Å². The summed E-state index contributed by atoms with van der Waals surface area (Å²) in [5.74, 6) is -1.30. The van der Waals surface area contributed by atoms with Gasteiger partial charge < -0.3 is 14.8 Å². The monoisotopic (exact) mass is 411 g/mol. The van der Waals surface area contributed by atoms with E-state index in [0.717, 1.165) is 23.5 Å². The molecule has 11 heteroatoms. The first-order valence-electron chi connectivity index (χ1n) is 7.72. The van der Waals surface area contributed by atoms with E-state index in [-0.39, 0.29) is 11.3 Å². The zero-order valence-corrected chi connectivity index (χ0v) is 16.2. The van der Waals surface area contributed by atoms with Crippen LogP contribution in [-0.2, 0) is 14.3 Å². The van der Waals surface area contributed by atoms with Crippen molar-refractivity contribution < 1.29 is 24.0 Å². The molecule has 0 radical (unpaired) electrons. The standard InChI is InChI=1S/C16H17N3O6S2/c1-10-9-26-16(18-10)27-13-4-3-11(7-12(13)19(22)23)15(21)25-8-14(20)17-5-6-24-2/h3-4,7,9H,5-6,8H2,1-2H3,(H,17,20). The molecule has 0 aliphatic rings. The number of nitro benzene ring substituents is 1. The minimum atomic E-state index is -0.818. The fourth-order valence-corrected chi connectivity index (χ4v) is 3.78. The van der Waals surface area contributed by atoms with E-state index in [4.69, 9.17) is 9.47 Å². The number of rotatable bonds is 9. The molecule has 0 fully saturated rings. The number of nitro groups is 1. The third-order valence-electron chi connectivity index (χ3n) is 3.15. The van der Waals surface area contributed by atoms with E-state index >= 15 is 0 Å². The lowest BCUT2D eigenvalue weighted by molar-refractivity contribution is -0.387. The Kier molecular flexibility index (Phi) is 7.70. The van der Waals surface area contributed by atoms with Crippen molar-refractivity contribution in [2.75, 3.05) is 26.9 Å². The molecule has 27 heavy (non-hydrogen) atoms. The Morgan fingerprint density at radius 3 is 2.81 bits per heavy atom. The number of esters is 1. The second kappa shape index (κ2) is 10.00. The van der Waals surface area contributed by atoms with Crippen LogP contribution >= 0.6 is 23.1 Å².